The Morgan fingerprint density at radius 3 is 2.15 bits per heavy atom. The van der Waals surface area contributed by atoms with Crippen LogP contribution in [0.5, 0.6) is 0 Å². The quantitative estimate of drug-likeness (QED) is 0.888. The molecule has 0 saturated heterocycles. The van der Waals surface area contributed by atoms with Gasteiger partial charge in [0.15, 0.2) is 0 Å². The Balaban J connectivity index is 2.28. The first-order valence-electron chi connectivity index (χ1n) is 6.98. The van der Waals surface area contributed by atoms with Crippen LogP contribution < -0.4 is 0 Å². The molecule has 0 aliphatic carbocycles. The van der Waals surface area contributed by atoms with Gasteiger partial charge in [0.2, 0.25) is 0 Å². The van der Waals surface area contributed by atoms with E-state index in [4.69, 9.17) is 4.74 Å². The predicted octanol–water partition coefficient (Wildman–Crippen LogP) is 4.04. The van der Waals surface area contributed by atoms with Crippen molar-refractivity contribution in [1.29, 1.82) is 0 Å². The lowest BCUT2D eigenvalue weighted by Crippen LogP contribution is -2.04. The van der Waals surface area contributed by atoms with Crippen LogP contribution in [0.2, 0.25) is 0 Å². The van der Waals surface area contributed by atoms with Gasteiger partial charge < -0.3 is 9.84 Å². The number of hydrogen-bond acceptors (Lipinski definition) is 2. The van der Waals surface area contributed by atoms with Gasteiger partial charge in [-0.1, -0.05) is 62.4 Å². The van der Waals surface area contributed by atoms with Gasteiger partial charge in [-0.15, -0.1) is 0 Å². The topological polar surface area (TPSA) is 29.5 Å². The van der Waals surface area contributed by atoms with Gasteiger partial charge in [-0.2, -0.15) is 0 Å². The molecule has 2 heteroatoms. The molecule has 0 spiro atoms. The minimum absolute atomic E-state index is 0.502. The molecule has 0 radical (unpaired) electrons. The summed E-state index contributed by atoms with van der Waals surface area (Å²) in [6.07, 6.45) is -0.609. The number of ether oxygens (including phenoxy) is 1. The predicted molar refractivity (Wildman–Crippen MR) is 81.7 cm³/mol. The van der Waals surface area contributed by atoms with Crippen LogP contribution in [0.25, 0.3) is 0 Å². The Morgan fingerprint density at radius 1 is 0.950 bits per heavy atom. The van der Waals surface area contributed by atoms with Crippen LogP contribution in [0.1, 0.15) is 48.1 Å². The van der Waals surface area contributed by atoms with E-state index in [-0.39, 0.29) is 0 Å². The Labute approximate surface area is 121 Å². The zero-order valence-corrected chi connectivity index (χ0v) is 12.3. The lowest BCUT2D eigenvalue weighted by molar-refractivity contribution is 0.176. The van der Waals surface area contributed by atoms with Crippen molar-refractivity contribution in [3.63, 3.8) is 0 Å². The van der Waals surface area contributed by atoms with E-state index >= 15 is 0 Å². The first-order chi connectivity index (χ1) is 9.63. The fourth-order valence-electron chi connectivity index (χ4n) is 2.33. The van der Waals surface area contributed by atoms with Gasteiger partial charge in [0.25, 0.3) is 0 Å². The third kappa shape index (κ3) is 3.27. The average Bonchev–Trinajstić information content (AvgIpc) is 2.47. The minimum Gasteiger partial charge on any atom is -0.384 e. The Kier molecular flexibility index (Phi) is 4.94. The third-order valence-corrected chi connectivity index (χ3v) is 3.57. The summed E-state index contributed by atoms with van der Waals surface area (Å²) in [4.78, 5) is 0. The van der Waals surface area contributed by atoms with Crippen LogP contribution in [0.4, 0.5) is 0 Å². The van der Waals surface area contributed by atoms with E-state index in [1.165, 1.54) is 5.56 Å². The van der Waals surface area contributed by atoms with Crippen molar-refractivity contribution in [3.05, 3.63) is 70.8 Å². The third-order valence-electron chi connectivity index (χ3n) is 3.57. The van der Waals surface area contributed by atoms with Crippen LogP contribution in [-0.2, 0) is 11.3 Å². The van der Waals surface area contributed by atoms with Crippen molar-refractivity contribution in [2.45, 2.75) is 32.5 Å². The van der Waals surface area contributed by atoms with Gasteiger partial charge in [-0.3, -0.25) is 0 Å². The first kappa shape index (κ1) is 14.8. The summed E-state index contributed by atoms with van der Waals surface area (Å²) in [5.41, 5.74) is 4.13. The zero-order chi connectivity index (χ0) is 14.5. The number of hydrogen-bond donors (Lipinski definition) is 1. The molecule has 0 aliphatic heterocycles. The number of methoxy groups -OCH3 is 1. The molecule has 0 amide bonds. The normalized spacial score (nSPS) is 12.7. The summed E-state index contributed by atoms with van der Waals surface area (Å²) in [5, 5.41) is 10.6. The van der Waals surface area contributed by atoms with E-state index < -0.39 is 6.10 Å². The summed E-state index contributed by atoms with van der Waals surface area (Å²) >= 11 is 0. The van der Waals surface area contributed by atoms with Crippen molar-refractivity contribution < 1.29 is 9.84 Å². The first-order valence-corrected chi connectivity index (χ1v) is 6.98. The summed E-state index contributed by atoms with van der Waals surface area (Å²) in [6, 6.07) is 16.0. The summed E-state index contributed by atoms with van der Waals surface area (Å²) in [5.74, 6) is 0.502. The van der Waals surface area contributed by atoms with Gasteiger partial charge in [0.05, 0.1) is 6.61 Å². The molecular formula is C18H22O2. The van der Waals surface area contributed by atoms with Gasteiger partial charge >= 0.3 is 0 Å². The fraction of sp³-hybridized carbons (Fsp3) is 0.333. The average molecular weight is 270 g/mol. The van der Waals surface area contributed by atoms with Gasteiger partial charge in [0.1, 0.15) is 6.10 Å². The largest absolute Gasteiger partial charge is 0.384 e. The lowest BCUT2D eigenvalue weighted by atomic mass is 9.94. The van der Waals surface area contributed by atoms with Crippen molar-refractivity contribution in [1.82, 2.24) is 0 Å². The van der Waals surface area contributed by atoms with Crippen LogP contribution >= 0.6 is 0 Å². The highest BCUT2D eigenvalue weighted by molar-refractivity contribution is 5.37. The van der Waals surface area contributed by atoms with Crippen molar-refractivity contribution >= 4 is 0 Å². The zero-order valence-electron chi connectivity index (χ0n) is 12.3. The van der Waals surface area contributed by atoms with Crippen LogP contribution in [0.3, 0.4) is 0 Å². The molecule has 0 aromatic heterocycles. The highest BCUT2D eigenvalue weighted by atomic mass is 16.5. The molecule has 2 rings (SSSR count). The summed E-state index contributed by atoms with van der Waals surface area (Å²) < 4.78 is 5.19. The smallest absolute Gasteiger partial charge is 0.104 e. The molecule has 0 fully saturated rings. The maximum absolute atomic E-state index is 10.6. The van der Waals surface area contributed by atoms with Gasteiger partial charge in [0, 0.05) is 7.11 Å². The Bertz CT molecular complexity index is 544. The number of rotatable bonds is 5. The van der Waals surface area contributed by atoms with E-state index in [0.29, 0.717) is 12.5 Å². The lowest BCUT2D eigenvalue weighted by Gasteiger charge is -2.16. The molecule has 2 nitrogen and oxygen atoms in total. The maximum Gasteiger partial charge on any atom is 0.104 e. The molecule has 2 aromatic carbocycles. The van der Waals surface area contributed by atoms with Crippen molar-refractivity contribution in [2.75, 3.05) is 7.11 Å². The molecule has 1 unspecified atom stereocenters. The molecule has 0 heterocycles. The molecule has 1 atom stereocenters. The molecular weight excluding hydrogens is 248 g/mol. The van der Waals surface area contributed by atoms with E-state index in [1.807, 2.05) is 36.4 Å². The van der Waals surface area contributed by atoms with Crippen LogP contribution in [0, 0.1) is 0 Å². The fourth-order valence-corrected chi connectivity index (χ4v) is 2.33. The molecule has 1 N–H and O–H groups in total. The molecule has 0 aliphatic rings. The molecule has 106 valence electrons. The van der Waals surface area contributed by atoms with E-state index in [1.54, 1.807) is 7.11 Å². The number of benzene rings is 2. The molecule has 20 heavy (non-hydrogen) atoms. The summed E-state index contributed by atoms with van der Waals surface area (Å²) in [7, 11) is 1.67. The van der Waals surface area contributed by atoms with Crippen LogP contribution in [-0.4, -0.2) is 12.2 Å². The SMILES string of the molecule is COCc1ccccc1C(O)c1ccc(C(C)C)cc1. The highest BCUT2D eigenvalue weighted by Crippen LogP contribution is 2.26. The van der Waals surface area contributed by atoms with Gasteiger partial charge in [-0.25, -0.2) is 0 Å². The van der Waals surface area contributed by atoms with Crippen LogP contribution in [0.15, 0.2) is 48.5 Å². The Morgan fingerprint density at radius 2 is 1.55 bits per heavy atom. The maximum atomic E-state index is 10.6. The number of aliphatic hydroxyl groups excluding tert-OH is 1. The van der Waals surface area contributed by atoms with E-state index in [0.717, 1.165) is 16.7 Å². The molecule has 2 aromatic rings. The monoisotopic (exact) mass is 270 g/mol. The standard InChI is InChI=1S/C18H22O2/c1-13(2)14-8-10-15(11-9-14)18(19)17-7-5-4-6-16(17)12-20-3/h4-11,13,18-19H,12H2,1-3H3. The number of aliphatic hydroxyl groups is 1. The second kappa shape index (κ2) is 6.69. The Hall–Kier alpha value is -1.64. The van der Waals surface area contributed by atoms with Crippen molar-refractivity contribution in [3.8, 4) is 0 Å². The second-order valence-corrected chi connectivity index (χ2v) is 5.36. The second-order valence-electron chi connectivity index (χ2n) is 5.36. The summed E-state index contributed by atoms with van der Waals surface area (Å²) in [6.45, 7) is 4.84. The highest BCUT2D eigenvalue weighted by Gasteiger charge is 2.14. The minimum atomic E-state index is -0.609. The van der Waals surface area contributed by atoms with E-state index in [2.05, 4.69) is 26.0 Å². The van der Waals surface area contributed by atoms with Gasteiger partial charge in [-0.05, 0) is 28.2 Å². The molecule has 0 saturated carbocycles. The van der Waals surface area contributed by atoms with E-state index in [9.17, 15) is 5.11 Å². The van der Waals surface area contributed by atoms with Crippen molar-refractivity contribution in [2.24, 2.45) is 0 Å². The molecule has 0 bridgehead atoms.